The second-order valence-corrected chi connectivity index (χ2v) is 4.96. The molecule has 0 spiro atoms. The summed E-state index contributed by atoms with van der Waals surface area (Å²) in [7, 11) is 0. The van der Waals surface area contributed by atoms with Crippen LogP contribution in [0.3, 0.4) is 0 Å². The summed E-state index contributed by atoms with van der Waals surface area (Å²) in [5, 5.41) is 2.78. The van der Waals surface area contributed by atoms with Crippen LogP contribution in [0.15, 0.2) is 41.1 Å². The lowest BCUT2D eigenvalue weighted by Crippen LogP contribution is -2.23. The summed E-state index contributed by atoms with van der Waals surface area (Å²) in [5.74, 6) is -0.637. The average molecular weight is 323 g/mol. The van der Waals surface area contributed by atoms with E-state index in [-0.39, 0.29) is 11.7 Å². The maximum atomic E-state index is 12.9. The van der Waals surface area contributed by atoms with Gasteiger partial charge in [0.05, 0.1) is 5.56 Å². The van der Waals surface area contributed by atoms with Gasteiger partial charge in [-0.05, 0) is 58.2 Å². The largest absolute Gasteiger partial charge is 0.348 e. The molecule has 0 fully saturated rings. The minimum atomic E-state index is -0.383. The molecule has 1 aromatic carbocycles. The van der Waals surface area contributed by atoms with Crippen molar-refractivity contribution in [3.05, 3.63) is 63.6 Å². The van der Waals surface area contributed by atoms with Crippen molar-refractivity contribution >= 4 is 21.8 Å². The number of amides is 1. The molecule has 0 aliphatic heterocycles. The van der Waals surface area contributed by atoms with E-state index in [9.17, 15) is 9.18 Å². The van der Waals surface area contributed by atoms with Crippen LogP contribution in [0, 0.1) is 12.7 Å². The molecule has 0 atom stereocenters. The van der Waals surface area contributed by atoms with E-state index in [1.807, 2.05) is 13.0 Å². The molecule has 0 aliphatic carbocycles. The smallest absolute Gasteiger partial charge is 0.252 e. The minimum Gasteiger partial charge on any atom is -0.348 e. The van der Waals surface area contributed by atoms with Gasteiger partial charge in [-0.25, -0.2) is 4.39 Å². The Hall–Kier alpha value is -1.75. The van der Waals surface area contributed by atoms with Gasteiger partial charge in [0, 0.05) is 23.4 Å². The summed E-state index contributed by atoms with van der Waals surface area (Å²) in [6, 6.07) is 5.86. The number of carbonyl (C=O) groups excluding carboxylic acids is 1. The number of hydrogen-bond acceptors (Lipinski definition) is 2. The summed E-state index contributed by atoms with van der Waals surface area (Å²) in [6.45, 7) is 2.35. The number of rotatable bonds is 3. The lowest BCUT2D eigenvalue weighted by atomic mass is 10.1. The van der Waals surface area contributed by atoms with Crippen molar-refractivity contribution in [2.45, 2.75) is 13.5 Å². The molecule has 1 amide bonds. The molecule has 0 saturated heterocycles. The van der Waals surface area contributed by atoms with E-state index in [4.69, 9.17) is 0 Å². The van der Waals surface area contributed by atoms with Crippen LogP contribution in [0.5, 0.6) is 0 Å². The van der Waals surface area contributed by atoms with Crippen molar-refractivity contribution in [3.63, 3.8) is 0 Å². The molecular weight excluding hydrogens is 311 g/mol. The van der Waals surface area contributed by atoms with Crippen LogP contribution in [0.4, 0.5) is 4.39 Å². The predicted octanol–water partition coefficient (Wildman–Crippen LogP) is 3.22. The zero-order chi connectivity index (χ0) is 13.8. The van der Waals surface area contributed by atoms with Crippen LogP contribution in [-0.2, 0) is 6.54 Å². The van der Waals surface area contributed by atoms with E-state index in [0.29, 0.717) is 16.6 Å². The lowest BCUT2D eigenvalue weighted by molar-refractivity contribution is 0.0950. The van der Waals surface area contributed by atoms with E-state index < -0.39 is 0 Å². The molecule has 0 bridgehead atoms. The minimum absolute atomic E-state index is 0.255. The van der Waals surface area contributed by atoms with Gasteiger partial charge < -0.3 is 5.32 Å². The van der Waals surface area contributed by atoms with E-state index >= 15 is 0 Å². The number of carbonyl (C=O) groups is 1. The van der Waals surface area contributed by atoms with Gasteiger partial charge in [0.2, 0.25) is 0 Å². The molecule has 3 nitrogen and oxygen atoms in total. The number of pyridine rings is 1. The van der Waals surface area contributed by atoms with Crippen LogP contribution >= 0.6 is 15.9 Å². The van der Waals surface area contributed by atoms with Crippen molar-refractivity contribution in [1.29, 1.82) is 0 Å². The van der Waals surface area contributed by atoms with Gasteiger partial charge in [0.25, 0.3) is 5.91 Å². The fraction of sp³-hybridized carbons (Fsp3) is 0.143. The van der Waals surface area contributed by atoms with Crippen molar-refractivity contribution < 1.29 is 9.18 Å². The molecule has 0 unspecified atom stereocenters. The van der Waals surface area contributed by atoms with Crippen LogP contribution in [0.1, 0.15) is 21.5 Å². The Bertz CT molecular complexity index is 616. The van der Waals surface area contributed by atoms with Crippen LogP contribution < -0.4 is 5.32 Å². The molecule has 19 heavy (non-hydrogen) atoms. The lowest BCUT2D eigenvalue weighted by Gasteiger charge is -2.08. The average Bonchev–Trinajstić information content (AvgIpc) is 2.37. The Morgan fingerprint density at radius 1 is 1.42 bits per heavy atom. The van der Waals surface area contributed by atoms with Crippen LogP contribution in [0.2, 0.25) is 0 Å². The van der Waals surface area contributed by atoms with Gasteiger partial charge >= 0.3 is 0 Å². The zero-order valence-electron chi connectivity index (χ0n) is 10.3. The third kappa shape index (κ3) is 3.38. The van der Waals surface area contributed by atoms with E-state index in [0.717, 1.165) is 11.1 Å². The molecule has 1 heterocycles. The second kappa shape index (κ2) is 5.93. The van der Waals surface area contributed by atoms with Gasteiger partial charge in [-0.2, -0.15) is 0 Å². The van der Waals surface area contributed by atoms with E-state index in [1.165, 1.54) is 18.2 Å². The van der Waals surface area contributed by atoms with Gasteiger partial charge in [-0.15, -0.1) is 0 Å². The molecule has 1 aromatic heterocycles. The van der Waals surface area contributed by atoms with Crippen LogP contribution in [-0.4, -0.2) is 10.9 Å². The first-order valence-electron chi connectivity index (χ1n) is 5.70. The first-order chi connectivity index (χ1) is 9.08. The van der Waals surface area contributed by atoms with E-state index in [1.54, 1.807) is 12.4 Å². The third-order valence-corrected chi connectivity index (χ3v) is 3.42. The quantitative estimate of drug-likeness (QED) is 0.942. The van der Waals surface area contributed by atoms with Crippen molar-refractivity contribution in [1.82, 2.24) is 10.3 Å². The summed E-state index contributed by atoms with van der Waals surface area (Å²) in [6.07, 6.45) is 3.42. The molecule has 5 heteroatoms. The summed E-state index contributed by atoms with van der Waals surface area (Å²) in [4.78, 5) is 16.0. The monoisotopic (exact) mass is 322 g/mol. The number of nitrogens with zero attached hydrogens (tertiary/aromatic N) is 1. The number of benzene rings is 1. The number of aromatic nitrogens is 1. The molecule has 0 aliphatic rings. The van der Waals surface area contributed by atoms with Gasteiger partial charge in [-0.3, -0.25) is 9.78 Å². The Morgan fingerprint density at radius 3 is 2.89 bits per heavy atom. The third-order valence-electron chi connectivity index (χ3n) is 2.76. The number of nitrogens with one attached hydrogen (secondary N) is 1. The van der Waals surface area contributed by atoms with Crippen molar-refractivity contribution in [3.8, 4) is 0 Å². The van der Waals surface area contributed by atoms with Gasteiger partial charge in [0.1, 0.15) is 5.82 Å². The SMILES string of the molecule is Cc1ccncc1CNC(=O)c1ccc(F)cc1Br. The fourth-order valence-corrected chi connectivity index (χ4v) is 2.16. The molecule has 0 radical (unpaired) electrons. The highest BCUT2D eigenvalue weighted by Gasteiger charge is 2.10. The van der Waals surface area contributed by atoms with E-state index in [2.05, 4.69) is 26.2 Å². The highest BCUT2D eigenvalue weighted by molar-refractivity contribution is 9.10. The van der Waals surface area contributed by atoms with Gasteiger partial charge in [-0.1, -0.05) is 0 Å². The highest BCUT2D eigenvalue weighted by atomic mass is 79.9. The summed E-state index contributed by atoms with van der Waals surface area (Å²) in [5.41, 5.74) is 2.42. The topological polar surface area (TPSA) is 42.0 Å². The first-order valence-corrected chi connectivity index (χ1v) is 6.50. The second-order valence-electron chi connectivity index (χ2n) is 4.11. The highest BCUT2D eigenvalue weighted by Crippen LogP contribution is 2.18. The normalized spacial score (nSPS) is 10.3. The molecular formula is C14H12BrFN2O. The number of halogens is 2. The maximum absolute atomic E-state index is 12.9. The Balaban J connectivity index is 2.08. The number of hydrogen-bond donors (Lipinski definition) is 1. The molecule has 1 N–H and O–H groups in total. The van der Waals surface area contributed by atoms with Gasteiger partial charge in [0.15, 0.2) is 0 Å². The number of aryl methyl sites for hydroxylation is 1. The Morgan fingerprint density at radius 2 is 2.21 bits per heavy atom. The van der Waals surface area contributed by atoms with Crippen molar-refractivity contribution in [2.75, 3.05) is 0 Å². The Labute approximate surface area is 119 Å². The predicted molar refractivity (Wildman–Crippen MR) is 74.2 cm³/mol. The van der Waals surface area contributed by atoms with Crippen molar-refractivity contribution in [2.24, 2.45) is 0 Å². The Kier molecular flexibility index (Phi) is 4.27. The molecule has 98 valence electrons. The standard InChI is InChI=1S/C14H12BrFN2O/c1-9-4-5-17-7-10(9)8-18-14(19)12-3-2-11(16)6-13(12)15/h2-7H,8H2,1H3,(H,18,19). The molecule has 0 saturated carbocycles. The molecule has 2 aromatic rings. The fourth-order valence-electron chi connectivity index (χ4n) is 1.63. The zero-order valence-corrected chi connectivity index (χ0v) is 11.9. The molecule has 2 rings (SSSR count). The maximum Gasteiger partial charge on any atom is 0.252 e. The van der Waals surface area contributed by atoms with Crippen LogP contribution in [0.25, 0.3) is 0 Å². The summed E-state index contributed by atoms with van der Waals surface area (Å²) >= 11 is 3.18. The first kappa shape index (κ1) is 13.7. The summed E-state index contributed by atoms with van der Waals surface area (Å²) < 4.78 is 13.4.